The number of benzene rings is 1. The van der Waals surface area contributed by atoms with Crippen molar-refractivity contribution in [1.29, 1.82) is 0 Å². The van der Waals surface area contributed by atoms with Gasteiger partial charge >= 0.3 is 0 Å². The fraction of sp³-hybridized carbons (Fsp3) is 0.571. The van der Waals surface area contributed by atoms with Gasteiger partial charge in [-0.05, 0) is 46.2 Å². The van der Waals surface area contributed by atoms with Crippen LogP contribution in [-0.2, 0) is 4.74 Å². The normalized spacial score (nSPS) is 27.6. The minimum Gasteiger partial charge on any atom is -0.477 e. The Kier molecular flexibility index (Phi) is 6.39. The van der Waals surface area contributed by atoms with Gasteiger partial charge in [0.25, 0.3) is 5.91 Å². The molecule has 0 aromatic heterocycles. The van der Waals surface area contributed by atoms with Crippen LogP contribution in [0.2, 0.25) is 5.02 Å². The molecule has 2 aliphatic heterocycles. The van der Waals surface area contributed by atoms with Gasteiger partial charge in [0.2, 0.25) is 0 Å². The highest BCUT2D eigenvalue weighted by Crippen LogP contribution is 2.36. The number of anilines is 1. The largest absolute Gasteiger partial charge is 0.477 e. The lowest BCUT2D eigenvalue weighted by molar-refractivity contribution is 0.0523. The van der Waals surface area contributed by atoms with Gasteiger partial charge in [-0.15, -0.1) is 5.92 Å². The molecule has 3 rings (SSSR count). The second-order valence-corrected chi connectivity index (χ2v) is 7.97. The first-order valence-electron chi connectivity index (χ1n) is 9.57. The van der Waals surface area contributed by atoms with Crippen molar-refractivity contribution in [2.45, 2.75) is 63.4 Å². The van der Waals surface area contributed by atoms with Gasteiger partial charge in [-0.1, -0.05) is 17.5 Å². The first kappa shape index (κ1) is 20.8. The van der Waals surface area contributed by atoms with Crippen LogP contribution in [0.5, 0.6) is 5.75 Å². The molecule has 2 saturated heterocycles. The predicted octanol–water partition coefficient (Wildman–Crippen LogP) is 2.69. The van der Waals surface area contributed by atoms with Crippen molar-refractivity contribution in [3.63, 3.8) is 0 Å². The van der Waals surface area contributed by atoms with Crippen LogP contribution in [0, 0.1) is 11.8 Å². The van der Waals surface area contributed by atoms with Crippen molar-refractivity contribution in [2.24, 2.45) is 0 Å². The minimum atomic E-state index is -0.362. The van der Waals surface area contributed by atoms with E-state index < -0.39 is 0 Å². The van der Waals surface area contributed by atoms with Gasteiger partial charge in [-0.2, -0.15) is 0 Å². The second-order valence-electron chi connectivity index (χ2n) is 7.56. The highest BCUT2D eigenvalue weighted by Gasteiger charge is 2.45. The molecule has 2 fully saturated rings. The topological polar surface area (TPSA) is 76.8 Å². The highest BCUT2D eigenvalue weighted by atomic mass is 35.5. The van der Waals surface area contributed by atoms with Gasteiger partial charge in [0.15, 0.2) is 6.10 Å². The monoisotopic (exact) mass is 405 g/mol. The van der Waals surface area contributed by atoms with Crippen LogP contribution in [0.4, 0.5) is 5.69 Å². The Hall–Kier alpha value is -1.94. The Labute approximate surface area is 171 Å². The third-order valence-electron chi connectivity index (χ3n) is 5.75. The molecule has 0 aliphatic carbocycles. The summed E-state index contributed by atoms with van der Waals surface area (Å²) >= 11 is 6.17. The van der Waals surface area contributed by atoms with Crippen LogP contribution in [0.15, 0.2) is 12.1 Å². The molecule has 0 spiro atoms. The van der Waals surface area contributed by atoms with Crippen LogP contribution in [0.3, 0.4) is 0 Å². The summed E-state index contributed by atoms with van der Waals surface area (Å²) in [5, 5.41) is 3.49. The van der Waals surface area contributed by atoms with Crippen LogP contribution in [-0.4, -0.2) is 55.3 Å². The lowest BCUT2D eigenvalue weighted by Crippen LogP contribution is -2.50. The lowest BCUT2D eigenvalue weighted by atomic mass is 9.97. The molecule has 3 N–H and O–H groups in total. The van der Waals surface area contributed by atoms with E-state index in [0.717, 1.165) is 19.3 Å². The number of fused-ring (bicyclic) bond motifs is 2. The predicted molar refractivity (Wildman–Crippen MR) is 111 cm³/mol. The van der Waals surface area contributed by atoms with Gasteiger partial charge in [0.05, 0.1) is 22.4 Å². The molecule has 5 atom stereocenters. The van der Waals surface area contributed by atoms with Crippen molar-refractivity contribution >= 4 is 23.2 Å². The standard InChI is InChI=1S/C21H28ClN3O3/c1-5-6-12(2)28-19-11-17(23)16(22)10-15(19)21(26)24-13-7-14-9-20(27-4)18(8-13)25(14)3/h10-14,18,20H,7-9,23H2,1-4H3,(H,24,26)/t12-,13?,14?,18?,20+/m0/s1. The molecule has 28 heavy (non-hydrogen) atoms. The highest BCUT2D eigenvalue weighted by molar-refractivity contribution is 6.33. The van der Waals surface area contributed by atoms with E-state index in [-0.39, 0.29) is 24.2 Å². The number of carbonyl (C=O) groups excluding carboxylic acids is 1. The van der Waals surface area contributed by atoms with E-state index in [1.165, 1.54) is 0 Å². The summed E-state index contributed by atoms with van der Waals surface area (Å²) in [5.74, 6) is 5.90. The number of likely N-dealkylation sites (N-methyl/N-ethyl adjacent to an activating group) is 1. The fourth-order valence-electron chi connectivity index (χ4n) is 4.32. The zero-order valence-electron chi connectivity index (χ0n) is 16.8. The molecule has 2 bridgehead atoms. The zero-order chi connectivity index (χ0) is 20.4. The van der Waals surface area contributed by atoms with E-state index in [9.17, 15) is 4.79 Å². The molecule has 2 heterocycles. The summed E-state index contributed by atoms with van der Waals surface area (Å²) in [6, 6.07) is 3.97. The van der Waals surface area contributed by atoms with Crippen molar-refractivity contribution in [3.05, 3.63) is 22.7 Å². The van der Waals surface area contributed by atoms with Crippen LogP contribution in [0.1, 0.15) is 43.5 Å². The number of nitrogens with two attached hydrogens (primary N) is 1. The molecule has 7 heteroatoms. The zero-order valence-corrected chi connectivity index (χ0v) is 17.5. The number of methoxy groups -OCH3 is 1. The van der Waals surface area contributed by atoms with Gasteiger partial charge in [-0.3, -0.25) is 9.69 Å². The molecule has 2 aliphatic rings. The fourth-order valence-corrected chi connectivity index (χ4v) is 4.49. The van der Waals surface area contributed by atoms with E-state index in [1.54, 1.807) is 26.2 Å². The molecular weight excluding hydrogens is 378 g/mol. The number of rotatable bonds is 5. The number of hydrogen-bond acceptors (Lipinski definition) is 5. The van der Waals surface area contributed by atoms with Gasteiger partial charge in [0.1, 0.15) is 5.75 Å². The van der Waals surface area contributed by atoms with Gasteiger partial charge in [0, 0.05) is 31.3 Å². The van der Waals surface area contributed by atoms with Crippen molar-refractivity contribution in [2.75, 3.05) is 19.9 Å². The maximum absolute atomic E-state index is 13.0. The van der Waals surface area contributed by atoms with Crippen molar-refractivity contribution in [3.8, 4) is 17.6 Å². The summed E-state index contributed by atoms with van der Waals surface area (Å²) in [5.41, 5.74) is 6.65. The van der Waals surface area contributed by atoms with Gasteiger partial charge < -0.3 is 20.5 Å². The molecule has 3 unspecified atom stereocenters. The Morgan fingerprint density at radius 2 is 2.14 bits per heavy atom. The minimum absolute atomic E-state index is 0.0795. The SMILES string of the molecule is CC#C[C@H](C)Oc1cc(N)c(Cl)cc1C(=O)NC1CC2C[C@@H](OC)C(C1)N2C. The van der Waals surface area contributed by atoms with E-state index in [4.69, 9.17) is 26.8 Å². The van der Waals surface area contributed by atoms with Crippen molar-refractivity contribution in [1.82, 2.24) is 10.2 Å². The summed E-state index contributed by atoms with van der Waals surface area (Å²) in [4.78, 5) is 15.4. The van der Waals surface area contributed by atoms with E-state index in [2.05, 4.69) is 29.1 Å². The number of nitrogens with zero attached hydrogens (tertiary/aromatic N) is 1. The molecule has 0 radical (unpaired) electrons. The Morgan fingerprint density at radius 1 is 1.39 bits per heavy atom. The van der Waals surface area contributed by atoms with Crippen LogP contribution >= 0.6 is 11.6 Å². The Bertz CT molecular complexity index is 804. The summed E-state index contributed by atoms with van der Waals surface area (Å²) in [7, 11) is 3.89. The third kappa shape index (κ3) is 4.22. The second kappa shape index (κ2) is 8.60. The number of nitrogens with one attached hydrogen (secondary N) is 1. The number of ether oxygens (including phenoxy) is 2. The maximum Gasteiger partial charge on any atom is 0.255 e. The molecule has 152 valence electrons. The summed E-state index contributed by atoms with van der Waals surface area (Å²) < 4.78 is 11.5. The average Bonchev–Trinajstić information content (AvgIpc) is 2.82. The summed E-state index contributed by atoms with van der Waals surface area (Å²) in [6.45, 7) is 3.56. The molecule has 1 aromatic rings. The van der Waals surface area contributed by atoms with Gasteiger partial charge in [-0.25, -0.2) is 0 Å². The number of carbonyl (C=O) groups is 1. The van der Waals surface area contributed by atoms with Crippen LogP contribution in [0.25, 0.3) is 0 Å². The number of piperidine rings is 1. The Morgan fingerprint density at radius 3 is 2.82 bits per heavy atom. The molecule has 1 amide bonds. The quantitative estimate of drug-likeness (QED) is 0.581. The maximum atomic E-state index is 13.0. The average molecular weight is 406 g/mol. The lowest BCUT2D eigenvalue weighted by Gasteiger charge is -2.37. The van der Waals surface area contributed by atoms with Crippen LogP contribution < -0.4 is 15.8 Å². The molecule has 1 aromatic carbocycles. The number of nitrogen functional groups attached to an aromatic ring is 1. The van der Waals surface area contributed by atoms with E-state index in [1.807, 2.05) is 6.92 Å². The molecule has 0 saturated carbocycles. The molecule has 6 nitrogen and oxygen atoms in total. The van der Waals surface area contributed by atoms with E-state index >= 15 is 0 Å². The number of amides is 1. The number of hydrogen-bond donors (Lipinski definition) is 2. The summed E-state index contributed by atoms with van der Waals surface area (Å²) in [6.07, 6.45) is 2.61. The van der Waals surface area contributed by atoms with E-state index in [0.29, 0.717) is 34.1 Å². The molecular formula is C21H28ClN3O3. The Balaban J connectivity index is 1.77. The first-order valence-corrected chi connectivity index (χ1v) is 9.95. The third-order valence-corrected chi connectivity index (χ3v) is 6.08. The van der Waals surface area contributed by atoms with Crippen molar-refractivity contribution < 1.29 is 14.3 Å². The number of halogens is 1. The first-order chi connectivity index (χ1) is 13.3. The smallest absolute Gasteiger partial charge is 0.255 e.